The summed E-state index contributed by atoms with van der Waals surface area (Å²) in [6.07, 6.45) is 7.63. The first-order chi connectivity index (χ1) is 14.8. The number of halogens is 1. The minimum absolute atomic E-state index is 0.137. The van der Waals surface area contributed by atoms with Gasteiger partial charge in [-0.2, -0.15) is 0 Å². The van der Waals surface area contributed by atoms with Gasteiger partial charge in [0.05, 0.1) is 10.6 Å². The van der Waals surface area contributed by atoms with Gasteiger partial charge in [0.1, 0.15) is 6.54 Å². The van der Waals surface area contributed by atoms with E-state index in [0.29, 0.717) is 22.8 Å². The maximum absolute atomic E-state index is 13.5. The summed E-state index contributed by atoms with van der Waals surface area (Å²) in [6, 6.07) is 11.7. The van der Waals surface area contributed by atoms with E-state index in [1.54, 1.807) is 49.4 Å². The van der Waals surface area contributed by atoms with Crippen LogP contribution in [-0.2, 0) is 14.8 Å². The van der Waals surface area contributed by atoms with E-state index in [2.05, 4.69) is 11.4 Å². The van der Waals surface area contributed by atoms with Gasteiger partial charge < -0.3 is 5.32 Å². The summed E-state index contributed by atoms with van der Waals surface area (Å²) in [5.74, 6) is -0.341. The number of aryl methyl sites for hydroxylation is 1. The summed E-state index contributed by atoms with van der Waals surface area (Å²) in [7, 11) is -3.95. The van der Waals surface area contributed by atoms with E-state index in [-0.39, 0.29) is 17.3 Å². The topological polar surface area (TPSA) is 66.5 Å². The van der Waals surface area contributed by atoms with Crippen LogP contribution in [0.15, 0.2) is 59.0 Å². The molecule has 0 saturated heterocycles. The van der Waals surface area contributed by atoms with Crippen LogP contribution in [0.25, 0.3) is 0 Å². The smallest absolute Gasteiger partial charge is 0.264 e. The second kappa shape index (κ2) is 10.3. The number of benzene rings is 2. The van der Waals surface area contributed by atoms with Gasteiger partial charge in [0.15, 0.2) is 0 Å². The van der Waals surface area contributed by atoms with Gasteiger partial charge in [0.2, 0.25) is 5.91 Å². The van der Waals surface area contributed by atoms with Crippen LogP contribution in [0.1, 0.15) is 43.2 Å². The van der Waals surface area contributed by atoms with Crippen LogP contribution in [0.3, 0.4) is 0 Å². The summed E-state index contributed by atoms with van der Waals surface area (Å²) >= 11 is 6.25. The molecule has 0 aliphatic heterocycles. The van der Waals surface area contributed by atoms with E-state index in [1.165, 1.54) is 18.4 Å². The first-order valence-electron chi connectivity index (χ1n) is 10.6. The average molecular weight is 461 g/mol. The zero-order valence-corrected chi connectivity index (χ0v) is 19.6. The molecule has 0 unspecified atom stereocenters. The fourth-order valence-corrected chi connectivity index (χ4v) is 5.33. The first-order valence-corrected chi connectivity index (χ1v) is 12.4. The molecule has 1 aliphatic rings. The van der Waals surface area contributed by atoms with Crippen LogP contribution in [-0.4, -0.2) is 27.4 Å². The van der Waals surface area contributed by atoms with Crippen molar-refractivity contribution < 1.29 is 13.2 Å². The van der Waals surface area contributed by atoms with Crippen molar-refractivity contribution in [3.8, 4) is 0 Å². The Hall–Kier alpha value is -2.31. The number of carbonyl (C=O) groups excluding carboxylic acids is 1. The van der Waals surface area contributed by atoms with Crippen molar-refractivity contribution in [3.63, 3.8) is 0 Å². The highest BCUT2D eigenvalue weighted by molar-refractivity contribution is 7.92. The van der Waals surface area contributed by atoms with Crippen LogP contribution >= 0.6 is 11.6 Å². The number of hydrogen-bond donors (Lipinski definition) is 1. The van der Waals surface area contributed by atoms with Crippen molar-refractivity contribution in [1.82, 2.24) is 5.32 Å². The van der Waals surface area contributed by atoms with Gasteiger partial charge in [-0.05, 0) is 75.8 Å². The molecule has 0 saturated carbocycles. The van der Waals surface area contributed by atoms with Gasteiger partial charge in [-0.3, -0.25) is 9.10 Å². The van der Waals surface area contributed by atoms with Crippen molar-refractivity contribution in [3.05, 3.63) is 70.3 Å². The maximum Gasteiger partial charge on any atom is 0.264 e. The molecule has 2 aromatic rings. The molecule has 1 N–H and O–H groups in total. The highest BCUT2D eigenvalue weighted by atomic mass is 35.5. The number of hydrogen-bond acceptors (Lipinski definition) is 3. The van der Waals surface area contributed by atoms with Crippen LogP contribution in [0, 0.1) is 13.8 Å². The third-order valence-electron chi connectivity index (χ3n) is 5.56. The Kier molecular flexibility index (Phi) is 7.79. The van der Waals surface area contributed by atoms with E-state index < -0.39 is 10.0 Å². The monoisotopic (exact) mass is 460 g/mol. The second-order valence-corrected chi connectivity index (χ2v) is 10.2. The van der Waals surface area contributed by atoms with Gasteiger partial charge in [0, 0.05) is 11.6 Å². The van der Waals surface area contributed by atoms with Gasteiger partial charge in [-0.15, -0.1) is 0 Å². The maximum atomic E-state index is 13.5. The molecule has 0 fully saturated rings. The highest BCUT2D eigenvalue weighted by Crippen LogP contribution is 2.31. The van der Waals surface area contributed by atoms with Crippen LogP contribution in [0.5, 0.6) is 0 Å². The average Bonchev–Trinajstić information content (AvgIpc) is 2.75. The minimum Gasteiger partial charge on any atom is -0.354 e. The molecule has 2 aromatic carbocycles. The van der Waals surface area contributed by atoms with Crippen molar-refractivity contribution in [1.29, 1.82) is 0 Å². The summed E-state index contributed by atoms with van der Waals surface area (Å²) < 4.78 is 28.1. The first kappa shape index (κ1) is 23.4. The molecule has 0 heterocycles. The lowest BCUT2D eigenvalue weighted by molar-refractivity contribution is -0.119. The Bertz CT molecular complexity index is 1060. The molecule has 31 heavy (non-hydrogen) atoms. The quantitative estimate of drug-likeness (QED) is 0.553. The number of rotatable bonds is 8. The predicted octanol–water partition coefficient (Wildman–Crippen LogP) is 5.16. The second-order valence-electron chi connectivity index (χ2n) is 7.92. The lowest BCUT2D eigenvalue weighted by Gasteiger charge is -2.26. The third kappa shape index (κ3) is 5.89. The van der Waals surface area contributed by atoms with Crippen LogP contribution < -0.4 is 9.62 Å². The van der Waals surface area contributed by atoms with Crippen molar-refractivity contribution in [2.75, 3.05) is 17.4 Å². The summed E-state index contributed by atoms with van der Waals surface area (Å²) in [6.45, 7) is 3.83. The predicted molar refractivity (Wildman–Crippen MR) is 126 cm³/mol. The number of sulfonamides is 1. The van der Waals surface area contributed by atoms with E-state index in [9.17, 15) is 13.2 Å². The summed E-state index contributed by atoms with van der Waals surface area (Å²) in [4.78, 5) is 12.9. The van der Waals surface area contributed by atoms with Crippen LogP contribution in [0.4, 0.5) is 5.69 Å². The van der Waals surface area contributed by atoms with Gasteiger partial charge in [0.25, 0.3) is 10.0 Å². The molecule has 7 heteroatoms. The molecule has 0 aromatic heterocycles. The molecule has 0 spiro atoms. The number of nitrogens with one attached hydrogen (secondary N) is 1. The van der Waals surface area contributed by atoms with Gasteiger partial charge in [-0.1, -0.05) is 47.0 Å². The van der Waals surface area contributed by atoms with Crippen LogP contribution in [0.2, 0.25) is 5.02 Å². The molecule has 1 aliphatic carbocycles. The van der Waals surface area contributed by atoms with E-state index >= 15 is 0 Å². The molecule has 3 rings (SSSR count). The highest BCUT2D eigenvalue weighted by Gasteiger charge is 2.28. The Labute approximate surface area is 190 Å². The lowest BCUT2D eigenvalue weighted by atomic mass is 9.97. The largest absolute Gasteiger partial charge is 0.354 e. The SMILES string of the molecule is Cc1ccc(S(=O)(=O)N(CC(=O)NCCC2=CCCCC2)c2cccc(Cl)c2C)cc1. The standard InChI is InChI=1S/C24H29ClN2O3S/c1-18-11-13-21(14-12-18)31(29,30)27(23-10-6-9-22(25)19(23)2)17-24(28)26-16-15-20-7-4-3-5-8-20/h6-7,9-14H,3-5,8,15-17H2,1-2H3,(H,26,28). The fraction of sp³-hybridized carbons (Fsp3) is 0.375. The molecular weight excluding hydrogens is 432 g/mol. The van der Waals surface area contributed by atoms with E-state index in [0.717, 1.165) is 29.1 Å². The normalized spacial score (nSPS) is 14.1. The Balaban J connectivity index is 1.82. The van der Waals surface area contributed by atoms with E-state index in [1.807, 2.05) is 6.92 Å². The van der Waals surface area contributed by atoms with Gasteiger partial charge >= 0.3 is 0 Å². The third-order valence-corrected chi connectivity index (χ3v) is 7.74. The number of allylic oxidation sites excluding steroid dienone is 1. The Morgan fingerprint density at radius 2 is 1.84 bits per heavy atom. The molecule has 0 radical (unpaired) electrons. The number of anilines is 1. The molecule has 0 atom stereocenters. The number of carbonyl (C=O) groups is 1. The van der Waals surface area contributed by atoms with Gasteiger partial charge in [-0.25, -0.2) is 8.42 Å². The summed E-state index contributed by atoms with van der Waals surface area (Å²) in [5, 5.41) is 3.33. The Morgan fingerprint density at radius 3 is 2.52 bits per heavy atom. The van der Waals surface area contributed by atoms with E-state index in [4.69, 9.17) is 11.6 Å². The molecular formula is C24H29ClN2O3S. The minimum atomic E-state index is -3.95. The fourth-order valence-electron chi connectivity index (χ4n) is 3.68. The molecule has 5 nitrogen and oxygen atoms in total. The summed E-state index contributed by atoms with van der Waals surface area (Å²) in [5.41, 5.74) is 3.33. The zero-order valence-electron chi connectivity index (χ0n) is 18.0. The van der Waals surface area contributed by atoms with Crippen molar-refractivity contribution in [2.45, 2.75) is 50.8 Å². The molecule has 166 valence electrons. The lowest BCUT2D eigenvalue weighted by Crippen LogP contribution is -2.41. The van der Waals surface area contributed by atoms with Crippen molar-refractivity contribution >= 4 is 33.2 Å². The van der Waals surface area contributed by atoms with Crippen molar-refractivity contribution in [2.24, 2.45) is 0 Å². The number of amides is 1. The zero-order chi connectivity index (χ0) is 22.4. The molecule has 1 amide bonds. The number of nitrogens with zero attached hydrogens (tertiary/aromatic N) is 1. The Morgan fingerprint density at radius 1 is 1.10 bits per heavy atom. The molecule has 0 bridgehead atoms.